The molecular weight excluding hydrogens is 204 g/mol. The molecule has 1 aromatic rings. The Balaban J connectivity index is 2.37. The Morgan fingerprint density at radius 3 is 2.88 bits per heavy atom. The maximum Gasteiger partial charge on any atom is 0.168 e. The largest absolute Gasteiger partial charge is 0.497 e. The highest BCUT2D eigenvalue weighted by atomic mass is 16.5. The SMILES string of the molecule is COc1cccc([C@@]2(O)CCCCC2=O)c1. The Hall–Kier alpha value is -1.35. The second-order valence-corrected chi connectivity index (χ2v) is 4.22. The van der Waals surface area contributed by atoms with Crippen LogP contribution in [0.1, 0.15) is 31.2 Å². The number of hydrogen-bond donors (Lipinski definition) is 1. The van der Waals surface area contributed by atoms with Gasteiger partial charge in [0.15, 0.2) is 5.78 Å². The summed E-state index contributed by atoms with van der Waals surface area (Å²) in [5.74, 6) is 0.594. The van der Waals surface area contributed by atoms with Gasteiger partial charge in [-0.3, -0.25) is 4.79 Å². The fraction of sp³-hybridized carbons (Fsp3) is 0.462. The molecule has 0 spiro atoms. The van der Waals surface area contributed by atoms with Crippen molar-refractivity contribution in [2.24, 2.45) is 0 Å². The quantitative estimate of drug-likeness (QED) is 0.829. The maximum atomic E-state index is 11.8. The van der Waals surface area contributed by atoms with Crippen LogP contribution in [0.2, 0.25) is 0 Å². The molecule has 1 N–H and O–H groups in total. The number of aliphatic hydroxyl groups is 1. The number of carbonyl (C=O) groups is 1. The number of methoxy groups -OCH3 is 1. The van der Waals surface area contributed by atoms with Crippen molar-refractivity contribution in [1.29, 1.82) is 0 Å². The van der Waals surface area contributed by atoms with Gasteiger partial charge in [-0.25, -0.2) is 0 Å². The summed E-state index contributed by atoms with van der Waals surface area (Å²) in [5, 5.41) is 10.4. The zero-order valence-corrected chi connectivity index (χ0v) is 9.40. The molecule has 1 atom stereocenters. The number of benzene rings is 1. The average molecular weight is 220 g/mol. The van der Waals surface area contributed by atoms with E-state index in [1.54, 1.807) is 31.4 Å². The van der Waals surface area contributed by atoms with E-state index in [1.807, 2.05) is 0 Å². The highest BCUT2D eigenvalue weighted by molar-refractivity contribution is 5.89. The molecule has 1 saturated carbocycles. The standard InChI is InChI=1S/C13H16O3/c1-16-11-6-4-5-10(9-11)13(15)8-3-2-7-12(13)14/h4-6,9,15H,2-3,7-8H2,1H3/t13-/m0/s1. The lowest BCUT2D eigenvalue weighted by molar-refractivity contribution is -0.142. The summed E-state index contributed by atoms with van der Waals surface area (Å²) >= 11 is 0. The predicted molar refractivity (Wildman–Crippen MR) is 60.4 cm³/mol. The van der Waals surface area contributed by atoms with Crippen LogP contribution in [0.4, 0.5) is 0 Å². The topological polar surface area (TPSA) is 46.5 Å². The van der Waals surface area contributed by atoms with E-state index >= 15 is 0 Å². The van der Waals surface area contributed by atoms with Crippen molar-refractivity contribution < 1.29 is 14.6 Å². The molecule has 0 heterocycles. The van der Waals surface area contributed by atoms with Crippen LogP contribution < -0.4 is 4.74 Å². The van der Waals surface area contributed by atoms with Gasteiger partial charge >= 0.3 is 0 Å². The maximum absolute atomic E-state index is 11.8. The minimum Gasteiger partial charge on any atom is -0.497 e. The molecule has 0 aromatic heterocycles. The molecule has 1 aromatic carbocycles. The van der Waals surface area contributed by atoms with Crippen molar-refractivity contribution in [2.75, 3.05) is 7.11 Å². The van der Waals surface area contributed by atoms with Gasteiger partial charge in [-0.2, -0.15) is 0 Å². The summed E-state index contributed by atoms with van der Waals surface area (Å²) in [6.45, 7) is 0. The van der Waals surface area contributed by atoms with Crippen LogP contribution in [-0.4, -0.2) is 18.0 Å². The van der Waals surface area contributed by atoms with Crippen molar-refractivity contribution in [3.05, 3.63) is 29.8 Å². The number of ether oxygens (including phenoxy) is 1. The monoisotopic (exact) mass is 220 g/mol. The highest BCUT2D eigenvalue weighted by Gasteiger charge is 2.39. The van der Waals surface area contributed by atoms with Crippen molar-refractivity contribution in [1.82, 2.24) is 0 Å². The second kappa shape index (κ2) is 4.26. The number of rotatable bonds is 2. The van der Waals surface area contributed by atoms with Gasteiger partial charge in [-0.05, 0) is 37.0 Å². The average Bonchev–Trinajstić information content (AvgIpc) is 2.33. The molecule has 0 unspecified atom stereocenters. The van der Waals surface area contributed by atoms with Crippen molar-refractivity contribution in [3.8, 4) is 5.75 Å². The normalized spacial score (nSPS) is 25.5. The summed E-state index contributed by atoms with van der Waals surface area (Å²) in [6, 6.07) is 7.13. The molecule has 1 aliphatic rings. The third-order valence-electron chi connectivity index (χ3n) is 3.20. The van der Waals surface area contributed by atoms with Crippen LogP contribution in [0.5, 0.6) is 5.75 Å². The third-order valence-corrected chi connectivity index (χ3v) is 3.20. The first kappa shape index (κ1) is 11.1. The second-order valence-electron chi connectivity index (χ2n) is 4.22. The minimum absolute atomic E-state index is 0.0768. The van der Waals surface area contributed by atoms with Crippen LogP contribution in [0, 0.1) is 0 Å². The molecule has 0 radical (unpaired) electrons. The first-order valence-corrected chi connectivity index (χ1v) is 5.57. The van der Waals surface area contributed by atoms with Gasteiger partial charge in [0.25, 0.3) is 0 Å². The fourth-order valence-corrected chi connectivity index (χ4v) is 2.20. The van der Waals surface area contributed by atoms with E-state index in [2.05, 4.69) is 0 Å². The van der Waals surface area contributed by atoms with E-state index in [0.29, 0.717) is 24.2 Å². The number of Topliss-reactive ketones (excluding diaryl/α,β-unsaturated/α-hetero) is 1. The van der Waals surface area contributed by atoms with Gasteiger partial charge < -0.3 is 9.84 Å². The van der Waals surface area contributed by atoms with Crippen LogP contribution in [0.15, 0.2) is 24.3 Å². The van der Waals surface area contributed by atoms with Crippen molar-refractivity contribution >= 4 is 5.78 Å². The van der Waals surface area contributed by atoms with Gasteiger partial charge in [-0.15, -0.1) is 0 Å². The van der Waals surface area contributed by atoms with E-state index in [1.165, 1.54) is 0 Å². The zero-order chi connectivity index (χ0) is 11.6. The molecule has 0 aliphatic heterocycles. The molecule has 1 aliphatic carbocycles. The lowest BCUT2D eigenvalue weighted by Gasteiger charge is -2.31. The number of carbonyl (C=O) groups excluding carboxylic acids is 1. The molecule has 86 valence electrons. The van der Waals surface area contributed by atoms with E-state index < -0.39 is 5.60 Å². The molecule has 3 nitrogen and oxygen atoms in total. The molecule has 0 bridgehead atoms. The van der Waals surface area contributed by atoms with E-state index in [4.69, 9.17) is 4.74 Å². The van der Waals surface area contributed by atoms with Gasteiger partial charge in [0.1, 0.15) is 11.4 Å². The van der Waals surface area contributed by atoms with Crippen molar-refractivity contribution in [3.63, 3.8) is 0 Å². The summed E-state index contributed by atoms with van der Waals surface area (Å²) < 4.78 is 5.10. The molecular formula is C13H16O3. The molecule has 0 amide bonds. The molecule has 1 fully saturated rings. The summed E-state index contributed by atoms with van der Waals surface area (Å²) in [5.41, 5.74) is -0.649. The zero-order valence-electron chi connectivity index (χ0n) is 9.40. The van der Waals surface area contributed by atoms with Crippen molar-refractivity contribution in [2.45, 2.75) is 31.3 Å². The van der Waals surface area contributed by atoms with E-state index in [9.17, 15) is 9.90 Å². The highest BCUT2D eigenvalue weighted by Crippen LogP contribution is 2.35. The van der Waals surface area contributed by atoms with Gasteiger partial charge in [0, 0.05) is 6.42 Å². The Morgan fingerprint density at radius 2 is 2.19 bits per heavy atom. The summed E-state index contributed by atoms with van der Waals surface area (Å²) in [7, 11) is 1.58. The lowest BCUT2D eigenvalue weighted by atomic mass is 9.78. The molecule has 16 heavy (non-hydrogen) atoms. The van der Waals surface area contributed by atoms with Gasteiger partial charge in [-0.1, -0.05) is 12.1 Å². The Morgan fingerprint density at radius 1 is 1.38 bits per heavy atom. The van der Waals surface area contributed by atoms with Crippen LogP contribution in [0.3, 0.4) is 0 Å². The Labute approximate surface area is 95.0 Å². The third kappa shape index (κ3) is 1.83. The van der Waals surface area contributed by atoms with Crippen LogP contribution in [-0.2, 0) is 10.4 Å². The predicted octanol–water partition coefficient (Wildman–Crippen LogP) is 2.03. The molecule has 2 rings (SSSR count). The number of ketones is 1. The molecule has 0 saturated heterocycles. The number of hydrogen-bond acceptors (Lipinski definition) is 3. The van der Waals surface area contributed by atoms with Crippen LogP contribution in [0.25, 0.3) is 0 Å². The summed E-state index contributed by atoms with van der Waals surface area (Å²) in [6.07, 6.45) is 2.75. The lowest BCUT2D eigenvalue weighted by Crippen LogP contribution is -2.38. The Kier molecular flexibility index (Phi) is 2.97. The fourth-order valence-electron chi connectivity index (χ4n) is 2.20. The van der Waals surface area contributed by atoms with Crippen LogP contribution >= 0.6 is 0 Å². The van der Waals surface area contributed by atoms with E-state index in [0.717, 1.165) is 12.8 Å². The smallest absolute Gasteiger partial charge is 0.168 e. The molecule has 3 heteroatoms. The first-order chi connectivity index (χ1) is 7.66. The van der Waals surface area contributed by atoms with Gasteiger partial charge in [0.05, 0.1) is 7.11 Å². The Bertz CT molecular complexity index is 400. The minimum atomic E-state index is -1.30. The van der Waals surface area contributed by atoms with Gasteiger partial charge in [0.2, 0.25) is 0 Å². The van der Waals surface area contributed by atoms with E-state index in [-0.39, 0.29) is 5.78 Å². The first-order valence-electron chi connectivity index (χ1n) is 5.57. The summed E-state index contributed by atoms with van der Waals surface area (Å²) in [4.78, 5) is 11.8.